The Hall–Kier alpha value is -0.850. The number of hydrogen-bond donors (Lipinski definition) is 1. The van der Waals surface area contributed by atoms with Crippen LogP contribution in [0.25, 0.3) is 0 Å². The molecule has 1 rings (SSSR count). The number of rotatable bonds is 4. The first-order valence-corrected chi connectivity index (χ1v) is 5.36. The Morgan fingerprint density at radius 3 is 2.80 bits per heavy atom. The molecule has 0 saturated heterocycles. The quantitative estimate of drug-likeness (QED) is 0.866. The monoisotopic (exact) mass is 324 g/mol. The number of methoxy groups -OCH3 is 1. The second kappa shape index (κ2) is 5.29. The molecule has 1 N–H and O–H groups in total. The van der Waals surface area contributed by atoms with Crippen LogP contribution in [0.15, 0.2) is 12.1 Å². The lowest BCUT2D eigenvalue weighted by atomic mass is 10.1. The fourth-order valence-electron chi connectivity index (χ4n) is 1.27. The van der Waals surface area contributed by atoms with Gasteiger partial charge in [-0.25, -0.2) is 4.39 Å². The summed E-state index contributed by atoms with van der Waals surface area (Å²) in [6, 6.07) is 3.08. The van der Waals surface area contributed by atoms with Crippen molar-refractivity contribution in [3.05, 3.63) is 27.1 Å². The first kappa shape index (κ1) is 12.2. The number of aliphatic carboxylic acids is 1. The molecule has 0 aromatic heterocycles. The number of halogens is 2. The van der Waals surface area contributed by atoms with Crippen molar-refractivity contribution in [2.24, 2.45) is 0 Å². The Morgan fingerprint density at radius 1 is 1.60 bits per heavy atom. The Balaban J connectivity index is 2.98. The second-order valence-corrected chi connectivity index (χ2v) is 4.22. The molecule has 0 unspecified atom stereocenters. The molecule has 0 amide bonds. The van der Waals surface area contributed by atoms with Gasteiger partial charge in [-0.3, -0.25) is 4.79 Å². The highest BCUT2D eigenvalue weighted by atomic mass is 127. The number of carboxylic acid groups (broad SMARTS) is 1. The summed E-state index contributed by atoms with van der Waals surface area (Å²) in [5.74, 6) is -1.22. The highest BCUT2D eigenvalue weighted by molar-refractivity contribution is 14.1. The van der Waals surface area contributed by atoms with Crippen LogP contribution >= 0.6 is 22.6 Å². The number of carbonyl (C=O) groups is 1. The van der Waals surface area contributed by atoms with E-state index in [-0.39, 0.29) is 18.6 Å². The number of benzene rings is 1. The molecule has 0 atom stereocenters. The van der Waals surface area contributed by atoms with Crippen molar-refractivity contribution in [2.45, 2.75) is 12.8 Å². The summed E-state index contributed by atoms with van der Waals surface area (Å²) in [5, 5.41) is 8.54. The minimum atomic E-state index is -0.906. The minimum Gasteiger partial charge on any atom is -0.493 e. The first-order valence-electron chi connectivity index (χ1n) is 4.28. The Morgan fingerprint density at radius 2 is 2.27 bits per heavy atom. The summed E-state index contributed by atoms with van der Waals surface area (Å²) in [6.45, 7) is 0. The normalized spacial score (nSPS) is 10.1. The lowest BCUT2D eigenvalue weighted by Crippen LogP contribution is -2.01. The van der Waals surface area contributed by atoms with Gasteiger partial charge in [-0.2, -0.15) is 0 Å². The van der Waals surface area contributed by atoms with Crippen molar-refractivity contribution >= 4 is 28.6 Å². The SMILES string of the molecule is COc1c(F)cc(I)cc1CCC(=O)O. The number of ether oxygens (including phenoxy) is 1. The molecule has 5 heteroatoms. The fraction of sp³-hybridized carbons (Fsp3) is 0.300. The zero-order valence-corrected chi connectivity index (χ0v) is 10.2. The lowest BCUT2D eigenvalue weighted by molar-refractivity contribution is -0.136. The third-order valence-corrected chi connectivity index (χ3v) is 2.52. The molecular weight excluding hydrogens is 314 g/mol. The summed E-state index contributed by atoms with van der Waals surface area (Å²) in [5.41, 5.74) is 0.587. The molecule has 0 fully saturated rings. The molecule has 3 nitrogen and oxygen atoms in total. The first-order chi connectivity index (χ1) is 7.04. The van der Waals surface area contributed by atoms with Gasteiger partial charge in [0, 0.05) is 9.99 Å². The van der Waals surface area contributed by atoms with Crippen molar-refractivity contribution in [3.8, 4) is 5.75 Å². The van der Waals surface area contributed by atoms with E-state index in [1.165, 1.54) is 13.2 Å². The molecule has 1 aromatic rings. The van der Waals surface area contributed by atoms with Crippen LogP contribution in [0.5, 0.6) is 5.75 Å². The van der Waals surface area contributed by atoms with Gasteiger partial charge in [0.05, 0.1) is 7.11 Å². The van der Waals surface area contributed by atoms with Crippen LogP contribution in [0.2, 0.25) is 0 Å². The van der Waals surface area contributed by atoms with E-state index in [1.54, 1.807) is 6.07 Å². The van der Waals surface area contributed by atoms with Gasteiger partial charge < -0.3 is 9.84 Å². The molecule has 0 saturated carbocycles. The summed E-state index contributed by atoms with van der Waals surface area (Å²) >= 11 is 1.98. The summed E-state index contributed by atoms with van der Waals surface area (Å²) in [4.78, 5) is 10.4. The van der Waals surface area contributed by atoms with Crippen LogP contribution in [0.3, 0.4) is 0 Å². The van der Waals surface area contributed by atoms with E-state index in [2.05, 4.69) is 0 Å². The molecule has 0 aliphatic heterocycles. The molecule has 1 aromatic carbocycles. The van der Waals surface area contributed by atoms with E-state index >= 15 is 0 Å². The van der Waals surface area contributed by atoms with E-state index in [0.717, 1.165) is 3.57 Å². The third kappa shape index (κ3) is 3.33. The van der Waals surface area contributed by atoms with E-state index in [1.807, 2.05) is 22.6 Å². The predicted octanol–water partition coefficient (Wildman–Crippen LogP) is 2.46. The number of hydrogen-bond acceptors (Lipinski definition) is 2. The van der Waals surface area contributed by atoms with Crippen molar-refractivity contribution in [2.75, 3.05) is 7.11 Å². The molecule has 82 valence electrons. The van der Waals surface area contributed by atoms with Crippen LogP contribution in [-0.2, 0) is 11.2 Å². The van der Waals surface area contributed by atoms with Crippen molar-refractivity contribution in [3.63, 3.8) is 0 Å². The van der Waals surface area contributed by atoms with Crippen molar-refractivity contribution in [1.29, 1.82) is 0 Å². The smallest absolute Gasteiger partial charge is 0.303 e. The van der Waals surface area contributed by atoms with Gasteiger partial charge in [-0.15, -0.1) is 0 Å². The highest BCUT2D eigenvalue weighted by Crippen LogP contribution is 2.26. The van der Waals surface area contributed by atoms with E-state index in [0.29, 0.717) is 5.56 Å². The van der Waals surface area contributed by atoms with Crippen LogP contribution in [0, 0.1) is 9.39 Å². The van der Waals surface area contributed by atoms with Gasteiger partial charge in [0.1, 0.15) is 0 Å². The highest BCUT2D eigenvalue weighted by Gasteiger charge is 2.11. The van der Waals surface area contributed by atoms with E-state index < -0.39 is 11.8 Å². The zero-order valence-electron chi connectivity index (χ0n) is 8.09. The van der Waals surface area contributed by atoms with Gasteiger partial charge in [0.15, 0.2) is 11.6 Å². The largest absolute Gasteiger partial charge is 0.493 e. The molecule has 0 bridgehead atoms. The standard InChI is InChI=1S/C10H10FIO3/c1-15-10-6(2-3-9(13)14)4-7(12)5-8(10)11/h4-5H,2-3H2,1H3,(H,13,14). The number of carboxylic acids is 1. The predicted molar refractivity (Wildman–Crippen MR) is 61.6 cm³/mol. The average molecular weight is 324 g/mol. The van der Waals surface area contributed by atoms with E-state index in [9.17, 15) is 9.18 Å². The maximum absolute atomic E-state index is 13.4. The fourth-order valence-corrected chi connectivity index (χ4v) is 1.92. The zero-order chi connectivity index (χ0) is 11.4. The topological polar surface area (TPSA) is 46.5 Å². The maximum atomic E-state index is 13.4. The maximum Gasteiger partial charge on any atom is 0.303 e. The minimum absolute atomic E-state index is 0.0319. The third-order valence-electron chi connectivity index (χ3n) is 1.90. The van der Waals surface area contributed by atoms with Gasteiger partial charge in [0.25, 0.3) is 0 Å². The van der Waals surface area contributed by atoms with Gasteiger partial charge in [-0.05, 0) is 46.7 Å². The number of aryl methyl sites for hydroxylation is 1. The Labute approximate surface area is 100 Å². The van der Waals surface area contributed by atoms with Crippen molar-refractivity contribution < 1.29 is 19.0 Å². The van der Waals surface area contributed by atoms with Crippen molar-refractivity contribution in [1.82, 2.24) is 0 Å². The molecule has 0 heterocycles. The van der Waals surface area contributed by atoms with E-state index in [4.69, 9.17) is 9.84 Å². The summed E-state index contributed by atoms with van der Waals surface area (Å²) in [6.07, 6.45) is 0.238. The van der Waals surface area contributed by atoms with Gasteiger partial charge in [-0.1, -0.05) is 0 Å². The van der Waals surface area contributed by atoms with Gasteiger partial charge in [0.2, 0.25) is 0 Å². The molecule has 0 aliphatic rings. The Bertz CT molecular complexity index is 379. The van der Waals surface area contributed by atoms with Gasteiger partial charge >= 0.3 is 5.97 Å². The lowest BCUT2D eigenvalue weighted by Gasteiger charge is -2.09. The summed E-state index contributed by atoms with van der Waals surface area (Å²) < 4.78 is 19.0. The molecule has 0 spiro atoms. The van der Waals surface area contributed by atoms with Crippen LogP contribution in [0.1, 0.15) is 12.0 Å². The molecule has 0 radical (unpaired) electrons. The average Bonchev–Trinajstić information content (AvgIpc) is 2.13. The molecular formula is C10H10FIO3. The Kier molecular flexibility index (Phi) is 4.31. The summed E-state index contributed by atoms with van der Waals surface area (Å²) in [7, 11) is 1.37. The molecule has 15 heavy (non-hydrogen) atoms. The van der Waals surface area contributed by atoms with Crippen LogP contribution in [-0.4, -0.2) is 18.2 Å². The van der Waals surface area contributed by atoms with Crippen LogP contribution in [0.4, 0.5) is 4.39 Å². The molecule has 0 aliphatic carbocycles. The second-order valence-electron chi connectivity index (χ2n) is 2.97. The van der Waals surface area contributed by atoms with Crippen LogP contribution < -0.4 is 4.74 Å².